The molecule has 0 bridgehead atoms. The molecule has 5 heteroatoms. The van der Waals surface area contributed by atoms with Crippen molar-refractivity contribution in [2.75, 3.05) is 0 Å². The first-order valence-corrected chi connectivity index (χ1v) is 7.13. The number of benzene rings is 2. The second kappa shape index (κ2) is 5.28. The van der Waals surface area contributed by atoms with E-state index in [-0.39, 0.29) is 12.2 Å². The lowest BCUT2D eigenvalue weighted by atomic mass is 9.96. The van der Waals surface area contributed by atoms with E-state index in [4.69, 9.17) is 39.5 Å². The number of halogens is 3. The summed E-state index contributed by atoms with van der Waals surface area (Å²) in [6.45, 7) is 0. The molecule has 0 fully saturated rings. The highest BCUT2D eigenvalue weighted by molar-refractivity contribution is 6.42. The molecule has 0 aliphatic carbocycles. The molecule has 0 aromatic heterocycles. The van der Waals surface area contributed by atoms with E-state index in [1.54, 1.807) is 30.3 Å². The summed E-state index contributed by atoms with van der Waals surface area (Å²) >= 11 is 18.1. The van der Waals surface area contributed by atoms with Gasteiger partial charge in [0, 0.05) is 10.6 Å². The molecular formula is C15H9Cl3O2. The zero-order valence-electron chi connectivity index (χ0n) is 10.2. The van der Waals surface area contributed by atoms with Gasteiger partial charge in [0.05, 0.1) is 22.0 Å². The van der Waals surface area contributed by atoms with Gasteiger partial charge in [-0.15, -0.1) is 0 Å². The van der Waals surface area contributed by atoms with E-state index >= 15 is 0 Å². The van der Waals surface area contributed by atoms with Gasteiger partial charge in [-0.3, -0.25) is 4.79 Å². The Morgan fingerprint density at radius 2 is 1.90 bits per heavy atom. The van der Waals surface area contributed by atoms with Crippen LogP contribution in [0.25, 0.3) is 0 Å². The summed E-state index contributed by atoms with van der Waals surface area (Å²) in [4.78, 5) is 12.2. The fourth-order valence-electron chi connectivity index (χ4n) is 2.24. The summed E-state index contributed by atoms with van der Waals surface area (Å²) in [7, 11) is 0. The van der Waals surface area contributed by atoms with E-state index in [9.17, 15) is 4.79 Å². The lowest BCUT2D eigenvalue weighted by Gasteiger charge is -2.26. The molecule has 2 nitrogen and oxygen atoms in total. The predicted molar refractivity (Wildman–Crippen MR) is 80.2 cm³/mol. The van der Waals surface area contributed by atoms with E-state index in [1.807, 2.05) is 6.07 Å². The standard InChI is InChI=1S/C15H9Cl3O2/c16-8-4-5-13-10(6-8)12(19)7-14(20-13)9-2-1-3-11(17)15(9)18/h1-6,14H,7H2. The maximum absolute atomic E-state index is 12.2. The van der Waals surface area contributed by atoms with Gasteiger partial charge in [0.2, 0.25) is 0 Å². The molecule has 0 saturated heterocycles. The second-order valence-electron chi connectivity index (χ2n) is 4.52. The van der Waals surface area contributed by atoms with Crippen LogP contribution in [0.5, 0.6) is 5.75 Å². The van der Waals surface area contributed by atoms with Crippen molar-refractivity contribution in [2.45, 2.75) is 12.5 Å². The number of rotatable bonds is 1. The highest BCUT2D eigenvalue weighted by atomic mass is 35.5. The first-order chi connectivity index (χ1) is 9.56. The van der Waals surface area contributed by atoms with Gasteiger partial charge in [0.25, 0.3) is 0 Å². The minimum absolute atomic E-state index is 0.0187. The average Bonchev–Trinajstić information content (AvgIpc) is 2.42. The van der Waals surface area contributed by atoms with Crippen LogP contribution in [0.1, 0.15) is 28.4 Å². The van der Waals surface area contributed by atoms with Crippen LogP contribution in [0.4, 0.5) is 0 Å². The molecule has 1 aliphatic heterocycles. The molecule has 102 valence electrons. The molecule has 3 rings (SSSR count). The Labute approximate surface area is 131 Å². The van der Waals surface area contributed by atoms with Crippen molar-refractivity contribution in [3.63, 3.8) is 0 Å². The van der Waals surface area contributed by atoms with Crippen molar-refractivity contribution in [1.29, 1.82) is 0 Å². The van der Waals surface area contributed by atoms with E-state index in [2.05, 4.69) is 0 Å². The van der Waals surface area contributed by atoms with E-state index in [0.29, 0.717) is 31.9 Å². The van der Waals surface area contributed by atoms with Crippen LogP contribution < -0.4 is 4.74 Å². The molecule has 1 heterocycles. The lowest BCUT2D eigenvalue weighted by Crippen LogP contribution is -2.20. The molecule has 0 N–H and O–H groups in total. The highest BCUT2D eigenvalue weighted by Gasteiger charge is 2.29. The number of carbonyl (C=O) groups excluding carboxylic acids is 1. The first-order valence-electron chi connectivity index (χ1n) is 5.99. The smallest absolute Gasteiger partial charge is 0.170 e. The van der Waals surface area contributed by atoms with Crippen LogP contribution >= 0.6 is 34.8 Å². The molecule has 0 saturated carbocycles. The SMILES string of the molecule is O=C1CC(c2cccc(Cl)c2Cl)Oc2ccc(Cl)cc21. The first kappa shape index (κ1) is 13.7. The molecular weight excluding hydrogens is 319 g/mol. The lowest BCUT2D eigenvalue weighted by molar-refractivity contribution is 0.0850. The number of Topliss-reactive ketones (excluding diaryl/α,β-unsaturated/α-hetero) is 1. The molecule has 0 spiro atoms. The zero-order valence-corrected chi connectivity index (χ0v) is 12.5. The number of ether oxygens (including phenoxy) is 1. The maximum Gasteiger partial charge on any atom is 0.170 e. The number of ketones is 1. The molecule has 2 aromatic rings. The molecule has 1 aliphatic rings. The van der Waals surface area contributed by atoms with E-state index in [1.165, 1.54) is 0 Å². The van der Waals surface area contributed by atoms with Crippen molar-refractivity contribution in [1.82, 2.24) is 0 Å². The van der Waals surface area contributed by atoms with Crippen molar-refractivity contribution in [3.8, 4) is 5.75 Å². The summed E-state index contributed by atoms with van der Waals surface area (Å²) in [5.74, 6) is 0.501. The van der Waals surface area contributed by atoms with Gasteiger partial charge >= 0.3 is 0 Å². The zero-order chi connectivity index (χ0) is 14.3. The van der Waals surface area contributed by atoms with Gasteiger partial charge < -0.3 is 4.74 Å². The Morgan fingerprint density at radius 1 is 1.10 bits per heavy atom. The van der Waals surface area contributed by atoms with E-state index in [0.717, 1.165) is 0 Å². The predicted octanol–water partition coefficient (Wildman–Crippen LogP) is 5.35. The fourth-order valence-corrected chi connectivity index (χ4v) is 2.84. The topological polar surface area (TPSA) is 26.3 Å². The third-order valence-electron chi connectivity index (χ3n) is 3.21. The molecule has 0 amide bonds. The van der Waals surface area contributed by atoms with Gasteiger partial charge in [0.1, 0.15) is 11.9 Å². The van der Waals surface area contributed by atoms with Crippen LogP contribution in [-0.2, 0) is 0 Å². The van der Waals surface area contributed by atoms with E-state index < -0.39 is 6.10 Å². The second-order valence-corrected chi connectivity index (χ2v) is 5.74. The number of fused-ring (bicyclic) bond motifs is 1. The summed E-state index contributed by atoms with van der Waals surface area (Å²) in [5.41, 5.74) is 1.22. The third kappa shape index (κ3) is 2.39. The summed E-state index contributed by atoms with van der Waals surface area (Å²) in [6, 6.07) is 10.3. The monoisotopic (exact) mass is 326 g/mol. The summed E-state index contributed by atoms with van der Waals surface area (Å²) in [5, 5.41) is 1.38. The normalized spacial score (nSPS) is 17.6. The summed E-state index contributed by atoms with van der Waals surface area (Å²) in [6.07, 6.45) is -0.213. The van der Waals surface area contributed by atoms with Crippen LogP contribution in [0, 0.1) is 0 Å². The van der Waals surface area contributed by atoms with Gasteiger partial charge in [-0.1, -0.05) is 46.9 Å². The Bertz CT molecular complexity index is 698. The van der Waals surface area contributed by atoms with Crippen molar-refractivity contribution >= 4 is 40.6 Å². The van der Waals surface area contributed by atoms with Crippen LogP contribution in [0.2, 0.25) is 15.1 Å². The number of carbonyl (C=O) groups is 1. The number of hydrogen-bond acceptors (Lipinski definition) is 2. The molecule has 20 heavy (non-hydrogen) atoms. The minimum Gasteiger partial charge on any atom is -0.484 e. The van der Waals surface area contributed by atoms with Gasteiger partial charge in [-0.25, -0.2) is 0 Å². The number of hydrogen-bond donors (Lipinski definition) is 0. The van der Waals surface area contributed by atoms with Crippen LogP contribution in [-0.4, -0.2) is 5.78 Å². The molecule has 0 radical (unpaired) electrons. The largest absolute Gasteiger partial charge is 0.484 e. The Hall–Kier alpha value is -1.22. The van der Waals surface area contributed by atoms with Crippen molar-refractivity contribution in [3.05, 3.63) is 62.6 Å². The molecule has 2 aromatic carbocycles. The van der Waals surface area contributed by atoms with Crippen LogP contribution in [0.3, 0.4) is 0 Å². The minimum atomic E-state index is -0.428. The van der Waals surface area contributed by atoms with Gasteiger partial charge in [0.15, 0.2) is 5.78 Å². The molecule has 1 atom stereocenters. The Kier molecular flexibility index (Phi) is 3.63. The van der Waals surface area contributed by atoms with Gasteiger partial charge in [-0.05, 0) is 24.3 Å². The third-order valence-corrected chi connectivity index (χ3v) is 4.28. The molecule has 1 unspecified atom stereocenters. The fraction of sp³-hybridized carbons (Fsp3) is 0.133. The van der Waals surface area contributed by atoms with Crippen molar-refractivity contribution < 1.29 is 9.53 Å². The maximum atomic E-state index is 12.2. The summed E-state index contributed by atoms with van der Waals surface area (Å²) < 4.78 is 5.86. The van der Waals surface area contributed by atoms with Gasteiger partial charge in [-0.2, -0.15) is 0 Å². The quantitative estimate of drug-likeness (QED) is 0.705. The van der Waals surface area contributed by atoms with Crippen molar-refractivity contribution in [2.24, 2.45) is 0 Å². The Balaban J connectivity index is 2.01. The Morgan fingerprint density at radius 3 is 2.70 bits per heavy atom. The highest BCUT2D eigenvalue weighted by Crippen LogP contribution is 2.39. The average molecular weight is 328 g/mol. The van der Waals surface area contributed by atoms with Crippen LogP contribution in [0.15, 0.2) is 36.4 Å².